The second kappa shape index (κ2) is 8.39. The highest BCUT2D eigenvalue weighted by Gasteiger charge is 2.05. The summed E-state index contributed by atoms with van der Waals surface area (Å²) in [4.78, 5) is 13.1. The van der Waals surface area contributed by atoms with Gasteiger partial charge in [0.25, 0.3) is 0 Å². The third kappa shape index (κ3) is 4.87. The second-order valence-corrected chi connectivity index (χ2v) is 6.27. The molecule has 3 rings (SSSR count). The third-order valence-electron chi connectivity index (χ3n) is 3.69. The Morgan fingerprint density at radius 1 is 1.12 bits per heavy atom. The van der Waals surface area contributed by atoms with Crippen molar-refractivity contribution in [3.8, 4) is 16.2 Å². The van der Waals surface area contributed by atoms with Crippen LogP contribution in [0.5, 0.6) is 5.75 Å². The maximum absolute atomic E-state index is 12.1. The summed E-state index contributed by atoms with van der Waals surface area (Å²) in [6, 6.07) is 15.6. The maximum Gasteiger partial charge on any atom is 0.224 e. The molecule has 2 aromatic carbocycles. The largest absolute Gasteiger partial charge is 0.494 e. The molecule has 0 spiro atoms. The Bertz CT molecular complexity index is 800. The van der Waals surface area contributed by atoms with Crippen LogP contribution in [0.4, 0.5) is 5.69 Å². The molecule has 0 radical (unpaired) electrons. The average molecular weight is 353 g/mol. The van der Waals surface area contributed by atoms with Gasteiger partial charge in [-0.15, -0.1) is 5.10 Å². The molecule has 1 N–H and O–H groups in total. The number of aromatic nitrogens is 2. The van der Waals surface area contributed by atoms with Crippen molar-refractivity contribution in [3.05, 3.63) is 60.3 Å². The fourth-order valence-corrected chi connectivity index (χ4v) is 2.93. The number of amides is 1. The first-order valence-electron chi connectivity index (χ1n) is 8.14. The Hall–Kier alpha value is -2.73. The minimum absolute atomic E-state index is 0.00101. The molecule has 3 aromatic rings. The van der Waals surface area contributed by atoms with Crippen molar-refractivity contribution in [1.82, 2.24) is 9.59 Å². The first-order valence-corrected chi connectivity index (χ1v) is 8.91. The van der Waals surface area contributed by atoms with Crippen LogP contribution >= 0.6 is 11.5 Å². The van der Waals surface area contributed by atoms with E-state index in [4.69, 9.17) is 4.74 Å². The second-order valence-electron chi connectivity index (χ2n) is 5.48. The van der Waals surface area contributed by atoms with E-state index in [1.807, 2.05) is 55.5 Å². The molecule has 0 aliphatic rings. The van der Waals surface area contributed by atoms with Crippen molar-refractivity contribution < 1.29 is 9.53 Å². The van der Waals surface area contributed by atoms with Gasteiger partial charge in [-0.3, -0.25) is 4.79 Å². The molecule has 0 bridgehead atoms. The fraction of sp³-hybridized carbons (Fsp3) is 0.211. The molecule has 0 saturated heterocycles. The lowest BCUT2D eigenvalue weighted by Crippen LogP contribution is -2.12. The van der Waals surface area contributed by atoms with Gasteiger partial charge in [-0.05, 0) is 60.3 Å². The summed E-state index contributed by atoms with van der Waals surface area (Å²) in [5.74, 6) is 0.855. The third-order valence-corrected chi connectivity index (χ3v) is 4.40. The highest BCUT2D eigenvalue weighted by atomic mass is 32.1. The smallest absolute Gasteiger partial charge is 0.224 e. The summed E-state index contributed by atoms with van der Waals surface area (Å²) >= 11 is 1.35. The number of rotatable bonds is 7. The predicted octanol–water partition coefficient (Wildman–Crippen LogP) is 4.18. The van der Waals surface area contributed by atoms with E-state index in [0.717, 1.165) is 27.4 Å². The van der Waals surface area contributed by atoms with Gasteiger partial charge in [0.1, 0.15) is 5.75 Å². The summed E-state index contributed by atoms with van der Waals surface area (Å²) in [6.45, 7) is 2.61. The number of carbonyl (C=O) groups is 1. The molecule has 1 amide bonds. The van der Waals surface area contributed by atoms with Crippen LogP contribution in [0.2, 0.25) is 0 Å². The molecular formula is C19H19N3O2S. The Labute approximate surface area is 150 Å². The van der Waals surface area contributed by atoms with Gasteiger partial charge in [-0.2, -0.15) is 0 Å². The number of aryl methyl sites for hydroxylation is 1. The van der Waals surface area contributed by atoms with Crippen LogP contribution in [0, 0.1) is 0 Å². The zero-order valence-corrected chi connectivity index (χ0v) is 14.8. The van der Waals surface area contributed by atoms with E-state index in [1.165, 1.54) is 11.5 Å². The van der Waals surface area contributed by atoms with Crippen LogP contribution < -0.4 is 10.1 Å². The predicted molar refractivity (Wildman–Crippen MR) is 99.9 cm³/mol. The number of ether oxygens (including phenoxy) is 1. The summed E-state index contributed by atoms with van der Waals surface area (Å²) in [5, 5.41) is 6.75. The maximum atomic E-state index is 12.1. The van der Waals surface area contributed by atoms with Gasteiger partial charge in [-0.25, -0.2) is 0 Å². The lowest BCUT2D eigenvalue weighted by Gasteiger charge is -2.07. The topological polar surface area (TPSA) is 64.1 Å². The number of carbonyl (C=O) groups excluding carboxylic acids is 1. The number of hydrogen-bond acceptors (Lipinski definition) is 5. The zero-order chi connectivity index (χ0) is 17.5. The number of anilines is 1. The summed E-state index contributed by atoms with van der Waals surface area (Å²) in [7, 11) is 0. The van der Waals surface area contributed by atoms with Crippen LogP contribution in [0.1, 0.15) is 18.9 Å². The highest BCUT2D eigenvalue weighted by Crippen LogP contribution is 2.23. The van der Waals surface area contributed by atoms with Gasteiger partial charge < -0.3 is 10.1 Å². The SMILES string of the molecule is CCOc1ccc(CCC(=O)Nc2ccc(-c3cnns3)cc2)cc1. The van der Waals surface area contributed by atoms with Crippen LogP contribution in [0.25, 0.3) is 10.4 Å². The van der Waals surface area contributed by atoms with Crippen LogP contribution in [-0.4, -0.2) is 22.1 Å². The minimum Gasteiger partial charge on any atom is -0.494 e. The number of hydrogen-bond donors (Lipinski definition) is 1. The Balaban J connectivity index is 1.50. The molecular weight excluding hydrogens is 334 g/mol. The van der Waals surface area contributed by atoms with E-state index in [-0.39, 0.29) is 5.91 Å². The van der Waals surface area contributed by atoms with Crippen LogP contribution in [0.15, 0.2) is 54.7 Å². The number of benzene rings is 2. The van der Waals surface area contributed by atoms with Gasteiger partial charge in [-0.1, -0.05) is 28.8 Å². The van der Waals surface area contributed by atoms with Gasteiger partial charge in [0, 0.05) is 12.1 Å². The van der Waals surface area contributed by atoms with E-state index >= 15 is 0 Å². The van der Waals surface area contributed by atoms with E-state index in [9.17, 15) is 4.79 Å². The first-order chi connectivity index (χ1) is 12.2. The molecule has 0 unspecified atom stereocenters. The van der Waals surface area contributed by atoms with Gasteiger partial charge in [0.15, 0.2) is 0 Å². The lowest BCUT2D eigenvalue weighted by atomic mass is 10.1. The number of nitrogens with zero attached hydrogens (tertiary/aromatic N) is 2. The molecule has 0 atom stereocenters. The van der Waals surface area contributed by atoms with Gasteiger partial charge in [0.2, 0.25) is 5.91 Å². The number of nitrogens with one attached hydrogen (secondary N) is 1. The lowest BCUT2D eigenvalue weighted by molar-refractivity contribution is -0.116. The average Bonchev–Trinajstić information content (AvgIpc) is 3.17. The normalized spacial score (nSPS) is 10.4. The molecule has 0 saturated carbocycles. The molecule has 6 heteroatoms. The monoisotopic (exact) mass is 353 g/mol. The molecule has 128 valence electrons. The Kier molecular flexibility index (Phi) is 5.74. The van der Waals surface area contributed by atoms with Crippen molar-refractivity contribution in [2.45, 2.75) is 19.8 Å². The van der Waals surface area contributed by atoms with Crippen molar-refractivity contribution >= 4 is 23.1 Å². The summed E-state index contributed by atoms with van der Waals surface area (Å²) < 4.78 is 9.27. The first kappa shape index (κ1) is 17.1. The van der Waals surface area contributed by atoms with Crippen LogP contribution in [-0.2, 0) is 11.2 Å². The van der Waals surface area contributed by atoms with Crippen LogP contribution in [0.3, 0.4) is 0 Å². The molecule has 5 nitrogen and oxygen atoms in total. The molecule has 25 heavy (non-hydrogen) atoms. The Morgan fingerprint density at radius 2 is 1.88 bits per heavy atom. The van der Waals surface area contributed by atoms with Crippen molar-refractivity contribution in [2.24, 2.45) is 0 Å². The molecule has 0 aliphatic heterocycles. The van der Waals surface area contributed by atoms with E-state index in [2.05, 4.69) is 14.9 Å². The van der Waals surface area contributed by atoms with Gasteiger partial charge in [0.05, 0.1) is 17.7 Å². The molecule has 1 heterocycles. The minimum atomic E-state index is 0.00101. The quantitative estimate of drug-likeness (QED) is 0.692. The fourth-order valence-electron chi connectivity index (χ4n) is 2.41. The van der Waals surface area contributed by atoms with Crippen molar-refractivity contribution in [3.63, 3.8) is 0 Å². The molecule has 0 fully saturated rings. The van der Waals surface area contributed by atoms with E-state index < -0.39 is 0 Å². The highest BCUT2D eigenvalue weighted by molar-refractivity contribution is 7.09. The van der Waals surface area contributed by atoms with E-state index in [1.54, 1.807) is 6.20 Å². The summed E-state index contributed by atoms with van der Waals surface area (Å²) in [6.07, 6.45) is 2.87. The zero-order valence-electron chi connectivity index (χ0n) is 13.9. The molecule has 1 aromatic heterocycles. The summed E-state index contributed by atoms with van der Waals surface area (Å²) in [5.41, 5.74) is 2.95. The van der Waals surface area contributed by atoms with Crippen molar-refractivity contribution in [1.29, 1.82) is 0 Å². The molecule has 0 aliphatic carbocycles. The van der Waals surface area contributed by atoms with E-state index in [0.29, 0.717) is 19.4 Å². The van der Waals surface area contributed by atoms with Gasteiger partial charge >= 0.3 is 0 Å². The van der Waals surface area contributed by atoms with Crippen molar-refractivity contribution in [2.75, 3.05) is 11.9 Å². The standard InChI is InChI=1S/C19H19N3O2S/c1-2-24-17-10-3-14(4-11-17)5-12-19(23)21-16-8-6-15(7-9-16)18-13-20-22-25-18/h3-4,6-11,13H,2,5,12H2,1H3,(H,21,23). The Morgan fingerprint density at radius 3 is 2.52 bits per heavy atom.